The normalized spacial score (nSPS) is 10.7. The minimum atomic E-state index is -1.11. The minimum Gasteiger partial charge on any atom is -0.493 e. The Morgan fingerprint density at radius 2 is 1.89 bits per heavy atom. The van der Waals surface area contributed by atoms with Crippen molar-refractivity contribution in [2.75, 3.05) is 19.0 Å². The average Bonchev–Trinajstić information content (AvgIpc) is 2.67. The van der Waals surface area contributed by atoms with Crippen LogP contribution >= 0.6 is 0 Å². The standard InChI is InChI=1S/C21H20N2O5/c1-13-4-6-17(8-14(13)2)23-21(26)16(11-22)9-15-5-7-18(19(10-15)27-3)28-12-20(24)25/h4-10H,12H2,1-3H3,(H,23,26)(H,24,25)/b16-9+. The van der Waals surface area contributed by atoms with Crippen molar-refractivity contribution in [1.29, 1.82) is 5.26 Å². The number of hydrogen-bond acceptors (Lipinski definition) is 5. The van der Waals surface area contributed by atoms with Gasteiger partial charge in [0.25, 0.3) is 5.91 Å². The zero-order valence-electron chi connectivity index (χ0n) is 15.8. The zero-order valence-corrected chi connectivity index (χ0v) is 15.8. The van der Waals surface area contributed by atoms with Gasteiger partial charge >= 0.3 is 5.97 Å². The van der Waals surface area contributed by atoms with Gasteiger partial charge in [0, 0.05) is 5.69 Å². The molecule has 2 N–H and O–H groups in total. The van der Waals surface area contributed by atoms with Crippen molar-refractivity contribution in [3.8, 4) is 17.6 Å². The van der Waals surface area contributed by atoms with E-state index in [1.165, 1.54) is 19.3 Å². The van der Waals surface area contributed by atoms with E-state index < -0.39 is 18.5 Å². The van der Waals surface area contributed by atoms with E-state index in [0.717, 1.165) is 11.1 Å². The lowest BCUT2D eigenvalue weighted by atomic mass is 10.1. The van der Waals surface area contributed by atoms with Gasteiger partial charge in [-0.1, -0.05) is 12.1 Å². The van der Waals surface area contributed by atoms with Crippen molar-refractivity contribution in [2.45, 2.75) is 13.8 Å². The molecule has 144 valence electrons. The first-order valence-electron chi connectivity index (χ1n) is 8.37. The molecule has 0 unspecified atom stereocenters. The number of anilines is 1. The van der Waals surface area contributed by atoms with Gasteiger partial charge < -0.3 is 19.9 Å². The second kappa shape index (κ2) is 9.24. The fourth-order valence-electron chi connectivity index (χ4n) is 2.37. The first-order valence-corrected chi connectivity index (χ1v) is 8.37. The molecule has 7 nitrogen and oxygen atoms in total. The lowest BCUT2D eigenvalue weighted by Crippen LogP contribution is -2.13. The van der Waals surface area contributed by atoms with Crippen LogP contribution in [0.5, 0.6) is 11.5 Å². The molecule has 0 fully saturated rings. The Hall–Kier alpha value is -3.79. The molecule has 0 spiro atoms. The van der Waals surface area contributed by atoms with Crippen LogP contribution in [0.1, 0.15) is 16.7 Å². The Balaban J connectivity index is 2.22. The van der Waals surface area contributed by atoms with E-state index in [1.54, 1.807) is 18.2 Å². The number of aliphatic carboxylic acids is 1. The number of carbonyl (C=O) groups is 2. The smallest absolute Gasteiger partial charge is 0.341 e. The first kappa shape index (κ1) is 20.5. The van der Waals surface area contributed by atoms with E-state index in [0.29, 0.717) is 17.0 Å². The van der Waals surface area contributed by atoms with E-state index in [1.807, 2.05) is 32.0 Å². The molecular formula is C21H20N2O5. The molecule has 0 saturated carbocycles. The van der Waals surface area contributed by atoms with Crippen LogP contribution in [0, 0.1) is 25.2 Å². The lowest BCUT2D eigenvalue weighted by molar-refractivity contribution is -0.139. The van der Waals surface area contributed by atoms with E-state index in [4.69, 9.17) is 14.6 Å². The summed E-state index contributed by atoms with van der Waals surface area (Å²) in [5.41, 5.74) is 3.18. The number of nitrogens with zero attached hydrogens (tertiary/aromatic N) is 1. The van der Waals surface area contributed by atoms with Gasteiger partial charge in [-0.25, -0.2) is 4.79 Å². The minimum absolute atomic E-state index is 0.0838. The van der Waals surface area contributed by atoms with Crippen molar-refractivity contribution in [2.24, 2.45) is 0 Å². The molecule has 2 aromatic carbocycles. The second-order valence-corrected chi connectivity index (χ2v) is 6.02. The van der Waals surface area contributed by atoms with E-state index in [2.05, 4.69) is 5.32 Å². The highest BCUT2D eigenvalue weighted by atomic mass is 16.5. The van der Waals surface area contributed by atoms with E-state index in [-0.39, 0.29) is 11.3 Å². The highest BCUT2D eigenvalue weighted by molar-refractivity contribution is 6.09. The third-order valence-electron chi connectivity index (χ3n) is 3.98. The van der Waals surface area contributed by atoms with Crippen LogP contribution in [0.2, 0.25) is 0 Å². The fourth-order valence-corrected chi connectivity index (χ4v) is 2.37. The average molecular weight is 380 g/mol. The molecule has 0 saturated heterocycles. The van der Waals surface area contributed by atoms with Crippen molar-refractivity contribution >= 4 is 23.6 Å². The Morgan fingerprint density at radius 3 is 2.50 bits per heavy atom. The van der Waals surface area contributed by atoms with Crippen LogP contribution in [0.15, 0.2) is 42.0 Å². The van der Waals surface area contributed by atoms with Gasteiger partial charge in [0.15, 0.2) is 18.1 Å². The molecular weight excluding hydrogens is 360 g/mol. The van der Waals surface area contributed by atoms with Crippen molar-refractivity contribution < 1.29 is 24.2 Å². The van der Waals surface area contributed by atoms with Crippen molar-refractivity contribution in [3.05, 3.63) is 58.7 Å². The Kier molecular flexibility index (Phi) is 6.77. The third kappa shape index (κ3) is 5.35. The monoisotopic (exact) mass is 380 g/mol. The highest BCUT2D eigenvalue weighted by Gasteiger charge is 2.12. The number of hydrogen-bond donors (Lipinski definition) is 2. The number of carboxylic acids is 1. The SMILES string of the molecule is COc1cc(/C=C(\C#N)C(=O)Nc2ccc(C)c(C)c2)ccc1OCC(=O)O. The molecule has 2 rings (SSSR count). The highest BCUT2D eigenvalue weighted by Crippen LogP contribution is 2.29. The van der Waals surface area contributed by atoms with E-state index in [9.17, 15) is 14.9 Å². The quantitative estimate of drug-likeness (QED) is 0.563. The van der Waals surface area contributed by atoms with Crippen LogP contribution < -0.4 is 14.8 Å². The number of nitriles is 1. The molecule has 0 radical (unpaired) electrons. The summed E-state index contributed by atoms with van der Waals surface area (Å²) in [5, 5.41) is 20.8. The van der Waals surface area contributed by atoms with Crippen LogP contribution in [0.4, 0.5) is 5.69 Å². The topological polar surface area (TPSA) is 109 Å². The number of ether oxygens (including phenoxy) is 2. The van der Waals surface area contributed by atoms with Gasteiger partial charge in [-0.2, -0.15) is 5.26 Å². The zero-order chi connectivity index (χ0) is 20.7. The van der Waals surface area contributed by atoms with Crippen LogP contribution in [-0.4, -0.2) is 30.7 Å². The van der Waals surface area contributed by atoms with Gasteiger partial charge in [-0.15, -0.1) is 0 Å². The third-order valence-corrected chi connectivity index (χ3v) is 3.98. The molecule has 0 bridgehead atoms. The summed E-state index contributed by atoms with van der Waals surface area (Å²) in [6.07, 6.45) is 1.42. The number of amides is 1. The Bertz CT molecular complexity index is 973. The van der Waals surface area contributed by atoms with Gasteiger partial charge in [0.05, 0.1) is 7.11 Å². The summed E-state index contributed by atoms with van der Waals surface area (Å²) in [4.78, 5) is 23.1. The molecule has 7 heteroatoms. The Labute approximate surface area is 162 Å². The maximum atomic E-state index is 12.4. The van der Waals surface area contributed by atoms with Crippen LogP contribution in [0.3, 0.4) is 0 Å². The summed E-state index contributed by atoms with van der Waals surface area (Å²) in [7, 11) is 1.41. The van der Waals surface area contributed by atoms with Crippen LogP contribution in [-0.2, 0) is 9.59 Å². The summed E-state index contributed by atoms with van der Waals surface area (Å²) < 4.78 is 10.3. The molecule has 0 aliphatic carbocycles. The number of benzene rings is 2. The predicted octanol–water partition coefficient (Wildman–Crippen LogP) is 3.32. The molecule has 0 aliphatic heterocycles. The molecule has 2 aromatic rings. The van der Waals surface area contributed by atoms with Crippen molar-refractivity contribution in [3.63, 3.8) is 0 Å². The molecule has 0 aromatic heterocycles. The molecule has 1 amide bonds. The van der Waals surface area contributed by atoms with Gasteiger partial charge in [0.1, 0.15) is 11.6 Å². The van der Waals surface area contributed by atoms with Gasteiger partial charge in [-0.05, 0) is 60.9 Å². The summed E-state index contributed by atoms with van der Waals surface area (Å²) in [6, 6.07) is 12.1. The van der Waals surface area contributed by atoms with Crippen LogP contribution in [0.25, 0.3) is 6.08 Å². The maximum absolute atomic E-state index is 12.4. The molecule has 0 aliphatic rings. The number of nitrogens with one attached hydrogen (secondary N) is 1. The number of aryl methyl sites for hydroxylation is 2. The van der Waals surface area contributed by atoms with Gasteiger partial charge in [-0.3, -0.25) is 4.79 Å². The number of rotatable bonds is 7. The molecule has 28 heavy (non-hydrogen) atoms. The number of methoxy groups -OCH3 is 1. The summed E-state index contributed by atoms with van der Waals surface area (Å²) in [5.74, 6) is -1.10. The van der Waals surface area contributed by atoms with Gasteiger partial charge in [0.2, 0.25) is 0 Å². The predicted molar refractivity (Wildman–Crippen MR) is 104 cm³/mol. The van der Waals surface area contributed by atoms with E-state index >= 15 is 0 Å². The first-order chi connectivity index (χ1) is 13.3. The summed E-state index contributed by atoms with van der Waals surface area (Å²) in [6.45, 7) is 3.40. The Morgan fingerprint density at radius 1 is 1.14 bits per heavy atom. The van der Waals surface area contributed by atoms with Crippen molar-refractivity contribution in [1.82, 2.24) is 0 Å². The number of carboxylic acid groups (broad SMARTS) is 1. The molecule has 0 heterocycles. The fraction of sp³-hybridized carbons (Fsp3) is 0.190. The lowest BCUT2D eigenvalue weighted by Gasteiger charge is -2.10. The maximum Gasteiger partial charge on any atom is 0.341 e. The summed E-state index contributed by atoms with van der Waals surface area (Å²) >= 11 is 0. The second-order valence-electron chi connectivity index (χ2n) is 6.02. The largest absolute Gasteiger partial charge is 0.493 e. The number of carbonyl (C=O) groups excluding carboxylic acids is 1. The molecule has 0 atom stereocenters.